The van der Waals surface area contributed by atoms with Crippen LogP contribution in [-0.2, 0) is 0 Å². The van der Waals surface area contributed by atoms with Crippen molar-refractivity contribution in [2.45, 2.75) is 31.2 Å². The van der Waals surface area contributed by atoms with Crippen LogP contribution in [0.3, 0.4) is 0 Å². The van der Waals surface area contributed by atoms with E-state index in [0.717, 1.165) is 17.4 Å². The molecule has 2 unspecified atom stereocenters. The molecule has 3 aromatic rings. The number of aromatic amines is 2. The van der Waals surface area contributed by atoms with Crippen molar-refractivity contribution in [2.75, 3.05) is 5.32 Å². The van der Waals surface area contributed by atoms with Gasteiger partial charge in [0.05, 0.1) is 24.0 Å². The fourth-order valence-corrected chi connectivity index (χ4v) is 5.77. The van der Waals surface area contributed by atoms with Crippen molar-refractivity contribution in [1.29, 1.82) is 0 Å². The predicted octanol–water partition coefficient (Wildman–Crippen LogP) is 3.58. The fourth-order valence-electron chi connectivity index (χ4n) is 5.77. The molecule has 2 aromatic heterocycles. The minimum Gasteiger partial charge on any atom is -0.378 e. The molecule has 3 heterocycles. The summed E-state index contributed by atoms with van der Waals surface area (Å²) in [6, 6.07) is 4.75. The van der Waals surface area contributed by atoms with Crippen LogP contribution in [0.15, 0.2) is 30.7 Å². The summed E-state index contributed by atoms with van der Waals surface area (Å²) in [5.41, 5.74) is 5.26. The molecule has 5 nitrogen and oxygen atoms in total. The maximum atomic E-state index is 4.29. The van der Waals surface area contributed by atoms with E-state index < -0.39 is 0 Å². The van der Waals surface area contributed by atoms with Gasteiger partial charge < -0.3 is 5.32 Å². The van der Waals surface area contributed by atoms with E-state index in [9.17, 15) is 0 Å². The van der Waals surface area contributed by atoms with E-state index >= 15 is 0 Å². The molecule has 2 aliphatic carbocycles. The van der Waals surface area contributed by atoms with E-state index in [1.807, 2.05) is 12.4 Å². The third-order valence-electron chi connectivity index (χ3n) is 6.55. The first-order chi connectivity index (χ1) is 11.4. The minimum atomic E-state index is 0.380. The highest BCUT2D eigenvalue weighted by Crippen LogP contribution is 2.64. The summed E-state index contributed by atoms with van der Waals surface area (Å²) in [4.78, 5) is 0. The van der Waals surface area contributed by atoms with Crippen molar-refractivity contribution >= 4 is 16.6 Å². The second-order valence-electron chi connectivity index (χ2n) is 7.45. The van der Waals surface area contributed by atoms with Crippen LogP contribution in [-0.4, -0.2) is 20.4 Å². The lowest BCUT2D eigenvalue weighted by Gasteiger charge is -2.43. The van der Waals surface area contributed by atoms with Crippen molar-refractivity contribution in [3.63, 3.8) is 0 Å². The van der Waals surface area contributed by atoms with Gasteiger partial charge in [-0.15, -0.1) is 0 Å². The molecule has 3 N–H and O–H groups in total. The van der Waals surface area contributed by atoms with Gasteiger partial charge in [0.2, 0.25) is 0 Å². The molecule has 1 aliphatic heterocycles. The maximum Gasteiger partial charge on any atom is 0.0654 e. The van der Waals surface area contributed by atoms with Gasteiger partial charge in [0.25, 0.3) is 0 Å². The zero-order valence-electron chi connectivity index (χ0n) is 12.8. The highest BCUT2D eigenvalue weighted by molar-refractivity contribution is 5.88. The molecule has 0 spiro atoms. The lowest BCUT2D eigenvalue weighted by Crippen LogP contribution is -2.35. The number of H-pyrrole nitrogens is 2. The third kappa shape index (κ3) is 1.47. The van der Waals surface area contributed by atoms with Crippen LogP contribution in [0, 0.1) is 17.8 Å². The van der Waals surface area contributed by atoms with Gasteiger partial charge in [-0.2, -0.15) is 10.2 Å². The topological polar surface area (TPSA) is 69.4 Å². The van der Waals surface area contributed by atoms with Crippen molar-refractivity contribution in [1.82, 2.24) is 20.4 Å². The first kappa shape index (κ1) is 12.2. The largest absolute Gasteiger partial charge is 0.378 e. The van der Waals surface area contributed by atoms with Crippen molar-refractivity contribution < 1.29 is 0 Å². The smallest absolute Gasteiger partial charge is 0.0654 e. The molecule has 23 heavy (non-hydrogen) atoms. The van der Waals surface area contributed by atoms with Gasteiger partial charge in [-0.3, -0.25) is 10.2 Å². The Balaban J connectivity index is 1.60. The summed E-state index contributed by atoms with van der Waals surface area (Å²) in [6.07, 6.45) is 10.2. The Hall–Kier alpha value is -2.30. The molecule has 6 rings (SSSR count). The summed E-state index contributed by atoms with van der Waals surface area (Å²) >= 11 is 0. The SMILES string of the molecule is c1n[nH]cc1[C@@H]1Nc2ccc3[nH]ncc3c2[C@H]2C3CCC(C3)[C@@H]12. The number of fused-ring (bicyclic) bond motifs is 9. The van der Waals surface area contributed by atoms with E-state index in [0.29, 0.717) is 17.9 Å². The Kier molecular flexibility index (Phi) is 2.20. The number of nitrogens with one attached hydrogen (secondary N) is 3. The number of rotatable bonds is 1. The summed E-state index contributed by atoms with van der Waals surface area (Å²) in [7, 11) is 0. The van der Waals surface area contributed by atoms with Gasteiger partial charge >= 0.3 is 0 Å². The van der Waals surface area contributed by atoms with E-state index in [2.05, 4.69) is 44.0 Å². The fraction of sp³-hybridized carbons (Fsp3) is 0.444. The van der Waals surface area contributed by atoms with Crippen LogP contribution in [0.1, 0.15) is 42.3 Å². The molecular formula is C18H19N5. The highest BCUT2D eigenvalue weighted by Gasteiger charge is 2.54. The number of aromatic nitrogens is 4. The molecular weight excluding hydrogens is 286 g/mol. The van der Waals surface area contributed by atoms with Gasteiger partial charge in [0.15, 0.2) is 0 Å². The van der Waals surface area contributed by atoms with Crippen molar-refractivity contribution in [3.8, 4) is 0 Å². The lowest BCUT2D eigenvalue weighted by molar-refractivity contribution is 0.249. The minimum absolute atomic E-state index is 0.380. The predicted molar refractivity (Wildman–Crippen MR) is 88.1 cm³/mol. The van der Waals surface area contributed by atoms with Crippen LogP contribution >= 0.6 is 0 Å². The van der Waals surface area contributed by atoms with Crippen LogP contribution in [0.5, 0.6) is 0 Å². The second kappa shape index (κ2) is 4.16. The molecule has 3 aliphatic rings. The molecule has 0 saturated heterocycles. The molecule has 2 bridgehead atoms. The Bertz CT molecular complexity index is 880. The summed E-state index contributed by atoms with van der Waals surface area (Å²) in [6.45, 7) is 0. The Morgan fingerprint density at radius 2 is 2.00 bits per heavy atom. The molecule has 116 valence electrons. The number of anilines is 1. The van der Waals surface area contributed by atoms with Crippen LogP contribution in [0.25, 0.3) is 10.9 Å². The number of hydrogen-bond donors (Lipinski definition) is 3. The zero-order valence-corrected chi connectivity index (χ0v) is 12.8. The molecule has 1 aromatic carbocycles. The second-order valence-corrected chi connectivity index (χ2v) is 7.45. The lowest BCUT2D eigenvalue weighted by atomic mass is 9.67. The summed E-state index contributed by atoms with van der Waals surface area (Å²) in [5.74, 6) is 3.01. The molecule has 0 radical (unpaired) electrons. The van der Waals surface area contributed by atoms with Gasteiger partial charge in [0, 0.05) is 22.8 Å². The molecule has 2 saturated carbocycles. The van der Waals surface area contributed by atoms with E-state index in [1.165, 1.54) is 41.5 Å². The molecule has 5 atom stereocenters. The molecule has 0 amide bonds. The Labute approximate surface area is 133 Å². The molecule has 2 fully saturated rings. The average molecular weight is 305 g/mol. The number of benzene rings is 1. The van der Waals surface area contributed by atoms with E-state index in [1.54, 1.807) is 0 Å². The van der Waals surface area contributed by atoms with Crippen LogP contribution < -0.4 is 5.32 Å². The number of nitrogens with zero attached hydrogens (tertiary/aromatic N) is 2. The summed E-state index contributed by atoms with van der Waals surface area (Å²) in [5, 5.41) is 19.8. The molecule has 5 heteroatoms. The third-order valence-corrected chi connectivity index (χ3v) is 6.55. The van der Waals surface area contributed by atoms with Crippen molar-refractivity contribution in [2.24, 2.45) is 17.8 Å². The van der Waals surface area contributed by atoms with Gasteiger partial charge in [-0.05, 0) is 60.6 Å². The van der Waals surface area contributed by atoms with Crippen LogP contribution in [0.2, 0.25) is 0 Å². The summed E-state index contributed by atoms with van der Waals surface area (Å²) < 4.78 is 0. The normalized spacial score (nSPS) is 34.3. The monoisotopic (exact) mass is 305 g/mol. The standard InChI is InChI=1S/C18H19N5/c1-2-10-5-9(1)15-16(10)18(11-6-19-20-7-11)22-14-4-3-13-12(17(14)15)8-21-23-13/h3-4,6-10,15-16,18,22H,1-2,5H2,(H,19,20)(H,21,23)/t9?,10?,15-,16+,18-/m0/s1. The maximum absolute atomic E-state index is 4.29. The quantitative estimate of drug-likeness (QED) is 0.643. The number of hydrogen-bond acceptors (Lipinski definition) is 3. The Morgan fingerprint density at radius 1 is 1.04 bits per heavy atom. The van der Waals surface area contributed by atoms with Gasteiger partial charge in [-0.25, -0.2) is 0 Å². The van der Waals surface area contributed by atoms with E-state index in [-0.39, 0.29) is 0 Å². The van der Waals surface area contributed by atoms with Gasteiger partial charge in [-0.1, -0.05) is 0 Å². The van der Waals surface area contributed by atoms with Gasteiger partial charge in [0.1, 0.15) is 0 Å². The first-order valence-electron chi connectivity index (χ1n) is 8.61. The zero-order chi connectivity index (χ0) is 15.0. The Morgan fingerprint density at radius 3 is 2.91 bits per heavy atom. The first-order valence-corrected chi connectivity index (χ1v) is 8.61. The van der Waals surface area contributed by atoms with E-state index in [4.69, 9.17) is 0 Å². The highest BCUT2D eigenvalue weighted by atomic mass is 15.1. The average Bonchev–Trinajstić information content (AvgIpc) is 3.37. The van der Waals surface area contributed by atoms with Crippen molar-refractivity contribution in [3.05, 3.63) is 41.9 Å². The van der Waals surface area contributed by atoms with Crippen LogP contribution in [0.4, 0.5) is 5.69 Å².